The van der Waals surface area contributed by atoms with Gasteiger partial charge in [-0.25, -0.2) is 4.68 Å². The minimum Gasteiger partial charge on any atom is -0.394 e. The van der Waals surface area contributed by atoms with E-state index >= 15 is 0 Å². The summed E-state index contributed by atoms with van der Waals surface area (Å²) in [6.07, 6.45) is 1.70. The first-order chi connectivity index (χ1) is 6.92. The van der Waals surface area contributed by atoms with E-state index in [1.807, 2.05) is 30.3 Å². The fourth-order valence-electron chi connectivity index (χ4n) is 1.35. The first-order valence-electron chi connectivity index (χ1n) is 4.46. The Morgan fingerprint density at radius 3 is 2.71 bits per heavy atom. The molecule has 0 saturated carbocycles. The van der Waals surface area contributed by atoms with Crippen LogP contribution in [0.2, 0.25) is 0 Å². The number of aromatic nitrogens is 3. The highest BCUT2D eigenvalue weighted by Gasteiger charge is 2.04. The van der Waals surface area contributed by atoms with E-state index in [0.717, 1.165) is 11.3 Å². The molecule has 2 rings (SSSR count). The molecule has 0 fully saturated rings. The molecule has 1 aromatic carbocycles. The van der Waals surface area contributed by atoms with Crippen LogP contribution in [0.3, 0.4) is 0 Å². The van der Waals surface area contributed by atoms with Gasteiger partial charge in [-0.2, -0.15) is 0 Å². The number of aliphatic hydroxyl groups excluding tert-OH is 1. The predicted molar refractivity (Wildman–Crippen MR) is 52.5 cm³/mol. The maximum Gasteiger partial charge on any atom is 0.0886 e. The average molecular weight is 189 g/mol. The molecular weight excluding hydrogens is 178 g/mol. The lowest BCUT2D eigenvalue weighted by Crippen LogP contribution is -2.05. The van der Waals surface area contributed by atoms with Crippen molar-refractivity contribution in [2.45, 2.75) is 6.54 Å². The van der Waals surface area contributed by atoms with Crippen molar-refractivity contribution in [2.24, 2.45) is 0 Å². The Morgan fingerprint density at radius 2 is 2.00 bits per heavy atom. The third-order valence-corrected chi connectivity index (χ3v) is 2.00. The van der Waals surface area contributed by atoms with Crippen LogP contribution in [0, 0.1) is 0 Å². The lowest BCUT2D eigenvalue weighted by atomic mass is 10.2. The van der Waals surface area contributed by atoms with E-state index in [1.165, 1.54) is 0 Å². The van der Waals surface area contributed by atoms with Gasteiger partial charge in [-0.3, -0.25) is 0 Å². The van der Waals surface area contributed by atoms with Gasteiger partial charge in [0.1, 0.15) is 0 Å². The van der Waals surface area contributed by atoms with E-state index < -0.39 is 0 Å². The minimum atomic E-state index is 0.0726. The Labute approximate surface area is 81.8 Å². The van der Waals surface area contributed by atoms with E-state index in [4.69, 9.17) is 5.11 Å². The van der Waals surface area contributed by atoms with Gasteiger partial charge in [0, 0.05) is 5.56 Å². The summed E-state index contributed by atoms with van der Waals surface area (Å²) in [4.78, 5) is 0. The second kappa shape index (κ2) is 4.02. The van der Waals surface area contributed by atoms with Crippen LogP contribution >= 0.6 is 0 Å². The molecule has 0 radical (unpaired) electrons. The second-order valence-electron chi connectivity index (χ2n) is 2.93. The van der Waals surface area contributed by atoms with Gasteiger partial charge in [-0.05, 0) is 0 Å². The van der Waals surface area contributed by atoms with Crippen molar-refractivity contribution in [1.82, 2.24) is 15.0 Å². The van der Waals surface area contributed by atoms with Crippen molar-refractivity contribution in [2.75, 3.05) is 6.61 Å². The fourth-order valence-corrected chi connectivity index (χ4v) is 1.35. The molecule has 14 heavy (non-hydrogen) atoms. The standard InChI is InChI=1S/C10H11N3O/c14-7-6-13-10(8-11-12-13)9-4-2-1-3-5-9/h1-5,8,14H,6-7H2. The van der Waals surface area contributed by atoms with Crippen molar-refractivity contribution < 1.29 is 5.11 Å². The van der Waals surface area contributed by atoms with Gasteiger partial charge in [0.25, 0.3) is 0 Å². The molecule has 0 unspecified atom stereocenters. The van der Waals surface area contributed by atoms with Crippen molar-refractivity contribution in [3.63, 3.8) is 0 Å². The molecule has 1 aromatic heterocycles. The molecule has 0 saturated heterocycles. The molecule has 2 aromatic rings. The van der Waals surface area contributed by atoms with E-state index in [1.54, 1.807) is 10.9 Å². The quantitative estimate of drug-likeness (QED) is 0.781. The first kappa shape index (κ1) is 8.90. The van der Waals surface area contributed by atoms with Crippen molar-refractivity contribution >= 4 is 0 Å². The highest BCUT2D eigenvalue weighted by atomic mass is 16.3. The number of aliphatic hydroxyl groups is 1. The van der Waals surface area contributed by atoms with Gasteiger partial charge in [-0.1, -0.05) is 35.5 Å². The normalized spacial score (nSPS) is 10.4. The summed E-state index contributed by atoms with van der Waals surface area (Å²) in [5.41, 5.74) is 1.99. The van der Waals surface area contributed by atoms with Crippen LogP contribution < -0.4 is 0 Å². The molecule has 0 aliphatic heterocycles. The number of hydrogen-bond acceptors (Lipinski definition) is 3. The topological polar surface area (TPSA) is 50.9 Å². The molecule has 72 valence electrons. The monoisotopic (exact) mass is 189 g/mol. The summed E-state index contributed by atoms with van der Waals surface area (Å²) >= 11 is 0. The number of nitrogens with zero attached hydrogens (tertiary/aromatic N) is 3. The van der Waals surface area contributed by atoms with Crippen LogP contribution in [0.15, 0.2) is 36.5 Å². The zero-order valence-corrected chi connectivity index (χ0v) is 7.67. The minimum absolute atomic E-state index is 0.0726. The lowest BCUT2D eigenvalue weighted by molar-refractivity contribution is 0.269. The SMILES string of the molecule is OCCn1nncc1-c1ccccc1. The van der Waals surface area contributed by atoms with Gasteiger partial charge in [-0.15, -0.1) is 5.10 Å². The smallest absolute Gasteiger partial charge is 0.0886 e. The Kier molecular flexibility index (Phi) is 2.55. The molecule has 1 heterocycles. The predicted octanol–water partition coefficient (Wildman–Crippen LogP) is 0.937. The summed E-state index contributed by atoms with van der Waals surface area (Å²) in [5.74, 6) is 0. The van der Waals surface area contributed by atoms with Crippen LogP contribution in [0.1, 0.15) is 0 Å². The summed E-state index contributed by atoms with van der Waals surface area (Å²) in [7, 11) is 0. The number of benzene rings is 1. The van der Waals surface area contributed by atoms with Gasteiger partial charge < -0.3 is 5.11 Å². The average Bonchev–Trinajstić information content (AvgIpc) is 2.68. The number of rotatable bonds is 3. The van der Waals surface area contributed by atoms with Crippen LogP contribution in [0.25, 0.3) is 11.3 Å². The Bertz CT molecular complexity index is 397. The van der Waals surface area contributed by atoms with Gasteiger partial charge in [0.2, 0.25) is 0 Å². The van der Waals surface area contributed by atoms with Crippen molar-refractivity contribution in [3.05, 3.63) is 36.5 Å². The Balaban J connectivity index is 2.37. The van der Waals surface area contributed by atoms with Crippen LogP contribution in [0.5, 0.6) is 0 Å². The second-order valence-corrected chi connectivity index (χ2v) is 2.93. The molecule has 0 aliphatic rings. The molecule has 0 aliphatic carbocycles. The zero-order chi connectivity index (χ0) is 9.80. The summed E-state index contributed by atoms with van der Waals surface area (Å²) < 4.78 is 1.69. The van der Waals surface area contributed by atoms with Gasteiger partial charge >= 0.3 is 0 Å². The molecule has 0 amide bonds. The molecule has 4 nitrogen and oxygen atoms in total. The molecule has 0 atom stereocenters. The number of hydrogen-bond donors (Lipinski definition) is 1. The lowest BCUT2D eigenvalue weighted by Gasteiger charge is -2.03. The van der Waals surface area contributed by atoms with Gasteiger partial charge in [0.05, 0.1) is 25.0 Å². The largest absolute Gasteiger partial charge is 0.394 e. The Hall–Kier alpha value is -1.68. The molecule has 1 N–H and O–H groups in total. The van der Waals surface area contributed by atoms with Crippen molar-refractivity contribution in [3.8, 4) is 11.3 Å². The Morgan fingerprint density at radius 1 is 1.21 bits per heavy atom. The van der Waals surface area contributed by atoms with E-state index in [0.29, 0.717) is 6.54 Å². The maximum absolute atomic E-state index is 8.82. The molecule has 0 bridgehead atoms. The van der Waals surface area contributed by atoms with E-state index in [2.05, 4.69) is 10.3 Å². The first-order valence-corrected chi connectivity index (χ1v) is 4.46. The molecule has 0 spiro atoms. The highest BCUT2D eigenvalue weighted by Crippen LogP contribution is 2.16. The van der Waals surface area contributed by atoms with Crippen LogP contribution in [-0.4, -0.2) is 26.7 Å². The van der Waals surface area contributed by atoms with E-state index in [-0.39, 0.29) is 6.61 Å². The summed E-state index contributed by atoms with van der Waals surface area (Å²) in [6.45, 7) is 0.549. The third kappa shape index (κ3) is 1.65. The van der Waals surface area contributed by atoms with Crippen LogP contribution in [-0.2, 0) is 6.54 Å². The zero-order valence-electron chi connectivity index (χ0n) is 7.67. The summed E-state index contributed by atoms with van der Waals surface area (Å²) in [5, 5.41) is 16.5. The van der Waals surface area contributed by atoms with Crippen LogP contribution in [0.4, 0.5) is 0 Å². The maximum atomic E-state index is 8.82. The third-order valence-electron chi connectivity index (χ3n) is 2.00. The van der Waals surface area contributed by atoms with Crippen molar-refractivity contribution in [1.29, 1.82) is 0 Å². The van der Waals surface area contributed by atoms with Gasteiger partial charge in [0.15, 0.2) is 0 Å². The highest BCUT2D eigenvalue weighted by molar-refractivity contribution is 5.57. The molecular formula is C10H11N3O. The summed E-state index contributed by atoms with van der Waals surface area (Å²) in [6, 6.07) is 9.88. The molecule has 4 heteroatoms. The van der Waals surface area contributed by atoms with E-state index in [9.17, 15) is 0 Å². The fraction of sp³-hybridized carbons (Fsp3) is 0.200.